The molecule has 3 rings (SSSR count). The van der Waals surface area contributed by atoms with Crippen LogP contribution in [0.3, 0.4) is 0 Å². The van der Waals surface area contributed by atoms with Crippen molar-refractivity contribution >= 4 is 5.91 Å². The third-order valence-electron chi connectivity index (χ3n) is 4.62. The minimum Gasteiger partial charge on any atom is -0.497 e. The molecule has 1 aromatic heterocycles. The van der Waals surface area contributed by atoms with Crippen LogP contribution in [0.2, 0.25) is 0 Å². The van der Waals surface area contributed by atoms with Gasteiger partial charge in [0, 0.05) is 25.0 Å². The molecule has 3 aromatic rings. The Balaban J connectivity index is 1.93. The average Bonchev–Trinajstić information content (AvgIpc) is 3.19. The lowest BCUT2D eigenvalue weighted by Crippen LogP contribution is -2.31. The molecule has 1 atom stereocenters. The summed E-state index contributed by atoms with van der Waals surface area (Å²) in [7, 11) is 3.51. The normalized spacial score (nSPS) is 11.6. The van der Waals surface area contributed by atoms with Crippen LogP contribution in [0.5, 0.6) is 17.2 Å². The lowest BCUT2D eigenvalue weighted by molar-refractivity contribution is 0.0940. The van der Waals surface area contributed by atoms with Crippen LogP contribution >= 0.6 is 0 Å². The summed E-state index contributed by atoms with van der Waals surface area (Å²) in [5.74, 6) is 2.34. The predicted molar refractivity (Wildman–Crippen MR) is 114 cm³/mol. The van der Waals surface area contributed by atoms with Crippen molar-refractivity contribution in [3.05, 3.63) is 71.8 Å². The molecule has 30 heavy (non-hydrogen) atoms. The van der Waals surface area contributed by atoms with E-state index in [1.54, 1.807) is 31.5 Å². The molecule has 0 aliphatic rings. The summed E-state index contributed by atoms with van der Waals surface area (Å²) in [5, 5.41) is 3.09. The van der Waals surface area contributed by atoms with Gasteiger partial charge in [0.05, 0.1) is 20.3 Å². The van der Waals surface area contributed by atoms with E-state index in [1.165, 1.54) is 0 Å². The first kappa shape index (κ1) is 21.2. The van der Waals surface area contributed by atoms with Gasteiger partial charge in [0.1, 0.15) is 17.6 Å². The number of carbonyl (C=O) groups excluding carboxylic acids is 1. The lowest BCUT2D eigenvalue weighted by atomic mass is 10.0. The second kappa shape index (κ2) is 9.82. The highest BCUT2D eigenvalue weighted by molar-refractivity contribution is 5.95. The van der Waals surface area contributed by atoms with Crippen LogP contribution in [0.25, 0.3) is 0 Å². The minimum absolute atomic E-state index is 0.241. The molecule has 1 unspecified atom stereocenters. The van der Waals surface area contributed by atoms with Gasteiger partial charge in [0.2, 0.25) is 0 Å². The van der Waals surface area contributed by atoms with Crippen molar-refractivity contribution in [3.8, 4) is 17.2 Å². The number of ether oxygens (including phenoxy) is 3. The van der Waals surface area contributed by atoms with Gasteiger partial charge in [-0.15, -0.1) is 0 Å². The second-order valence-electron chi connectivity index (χ2n) is 6.61. The number of aromatic nitrogens is 2. The Bertz CT molecular complexity index is 1000. The van der Waals surface area contributed by atoms with Gasteiger partial charge in [-0.25, -0.2) is 4.98 Å². The fraction of sp³-hybridized carbons (Fsp3) is 0.304. The van der Waals surface area contributed by atoms with Gasteiger partial charge in [-0.1, -0.05) is 12.1 Å². The van der Waals surface area contributed by atoms with E-state index >= 15 is 0 Å². The van der Waals surface area contributed by atoms with Gasteiger partial charge in [-0.05, 0) is 49.7 Å². The molecule has 0 aliphatic carbocycles. The Labute approximate surface area is 176 Å². The summed E-state index contributed by atoms with van der Waals surface area (Å²) in [4.78, 5) is 17.6. The third kappa shape index (κ3) is 4.74. The van der Waals surface area contributed by atoms with Gasteiger partial charge in [-0.2, -0.15) is 0 Å². The summed E-state index contributed by atoms with van der Waals surface area (Å²) >= 11 is 0. The standard InChI is InChI=1S/C23H27N3O4/c1-5-29-19-11-10-17(15-20(19)30-6-2)23(27)25-21(22-24-12-13-26(22)3)16-8-7-9-18(14-16)28-4/h7-15,21H,5-6H2,1-4H3,(H,25,27). The topological polar surface area (TPSA) is 74.6 Å². The quantitative estimate of drug-likeness (QED) is 0.583. The van der Waals surface area contributed by atoms with E-state index in [-0.39, 0.29) is 5.91 Å². The number of methoxy groups -OCH3 is 1. The Kier molecular flexibility index (Phi) is 6.95. The van der Waals surface area contributed by atoms with E-state index in [9.17, 15) is 4.79 Å². The summed E-state index contributed by atoms with van der Waals surface area (Å²) in [5.41, 5.74) is 1.34. The number of imidazole rings is 1. The summed E-state index contributed by atoms with van der Waals surface area (Å²) in [6.45, 7) is 4.79. The largest absolute Gasteiger partial charge is 0.497 e. The Hall–Kier alpha value is -3.48. The predicted octanol–water partition coefficient (Wildman–Crippen LogP) is 3.75. The highest BCUT2D eigenvalue weighted by Gasteiger charge is 2.22. The van der Waals surface area contributed by atoms with Gasteiger partial charge in [0.15, 0.2) is 11.5 Å². The SMILES string of the molecule is CCOc1ccc(C(=O)NC(c2cccc(OC)c2)c2nccn2C)cc1OCC. The molecular weight excluding hydrogens is 382 g/mol. The van der Waals surface area contributed by atoms with Gasteiger partial charge >= 0.3 is 0 Å². The van der Waals surface area contributed by atoms with Gasteiger partial charge in [-0.3, -0.25) is 4.79 Å². The molecule has 1 heterocycles. The maximum absolute atomic E-state index is 13.1. The van der Waals surface area contributed by atoms with Crippen molar-refractivity contribution in [1.29, 1.82) is 0 Å². The smallest absolute Gasteiger partial charge is 0.252 e. The Morgan fingerprint density at radius 2 is 1.87 bits per heavy atom. The number of benzene rings is 2. The molecule has 7 heteroatoms. The molecule has 0 radical (unpaired) electrons. The fourth-order valence-corrected chi connectivity index (χ4v) is 3.18. The van der Waals surface area contributed by atoms with Crippen LogP contribution in [0.4, 0.5) is 0 Å². The third-order valence-corrected chi connectivity index (χ3v) is 4.62. The van der Waals surface area contributed by atoms with E-state index in [0.29, 0.717) is 41.9 Å². The molecule has 2 aromatic carbocycles. The zero-order chi connectivity index (χ0) is 21.5. The molecule has 0 saturated heterocycles. The average molecular weight is 409 g/mol. The van der Waals surface area contributed by atoms with E-state index in [1.807, 2.05) is 55.9 Å². The van der Waals surface area contributed by atoms with E-state index in [4.69, 9.17) is 14.2 Å². The molecule has 0 saturated carbocycles. The zero-order valence-corrected chi connectivity index (χ0v) is 17.7. The van der Waals surface area contributed by atoms with E-state index in [0.717, 1.165) is 5.56 Å². The second-order valence-corrected chi connectivity index (χ2v) is 6.61. The van der Waals surface area contributed by atoms with Crippen molar-refractivity contribution in [2.24, 2.45) is 7.05 Å². The molecular formula is C23H27N3O4. The lowest BCUT2D eigenvalue weighted by Gasteiger charge is -2.20. The summed E-state index contributed by atoms with van der Waals surface area (Å²) in [6, 6.07) is 12.3. The molecule has 1 N–H and O–H groups in total. The van der Waals surface area contributed by atoms with Crippen LogP contribution in [-0.4, -0.2) is 35.8 Å². The Morgan fingerprint density at radius 3 is 2.53 bits per heavy atom. The van der Waals surface area contributed by atoms with Crippen LogP contribution in [0, 0.1) is 0 Å². The summed E-state index contributed by atoms with van der Waals surface area (Å²) < 4.78 is 18.5. The molecule has 7 nitrogen and oxygen atoms in total. The number of hydrogen-bond acceptors (Lipinski definition) is 5. The molecule has 1 amide bonds. The van der Waals surface area contributed by atoms with E-state index < -0.39 is 6.04 Å². The molecule has 0 spiro atoms. The fourth-order valence-electron chi connectivity index (χ4n) is 3.18. The molecule has 0 bridgehead atoms. The number of amides is 1. The number of hydrogen-bond donors (Lipinski definition) is 1. The van der Waals surface area contributed by atoms with Crippen LogP contribution in [-0.2, 0) is 7.05 Å². The van der Waals surface area contributed by atoms with Crippen LogP contribution in [0.15, 0.2) is 54.9 Å². The monoisotopic (exact) mass is 409 g/mol. The minimum atomic E-state index is -0.449. The molecule has 158 valence electrons. The highest BCUT2D eigenvalue weighted by atomic mass is 16.5. The first-order chi connectivity index (χ1) is 14.6. The number of aryl methyl sites for hydroxylation is 1. The van der Waals surface area contributed by atoms with E-state index in [2.05, 4.69) is 10.3 Å². The van der Waals surface area contributed by atoms with Crippen molar-refractivity contribution in [2.45, 2.75) is 19.9 Å². The first-order valence-corrected chi connectivity index (χ1v) is 9.89. The zero-order valence-electron chi connectivity index (χ0n) is 17.7. The van der Waals surface area contributed by atoms with Crippen LogP contribution < -0.4 is 19.5 Å². The highest BCUT2D eigenvalue weighted by Crippen LogP contribution is 2.29. The maximum Gasteiger partial charge on any atom is 0.252 e. The maximum atomic E-state index is 13.1. The molecule has 0 fully saturated rings. The summed E-state index contributed by atoms with van der Waals surface area (Å²) in [6.07, 6.45) is 3.55. The van der Waals surface area contributed by atoms with Crippen molar-refractivity contribution < 1.29 is 19.0 Å². The number of carbonyl (C=O) groups is 1. The number of nitrogens with zero attached hydrogens (tertiary/aromatic N) is 2. The van der Waals surface area contributed by atoms with Crippen molar-refractivity contribution in [1.82, 2.24) is 14.9 Å². The first-order valence-electron chi connectivity index (χ1n) is 9.89. The number of nitrogens with one attached hydrogen (secondary N) is 1. The van der Waals surface area contributed by atoms with Gasteiger partial charge in [0.25, 0.3) is 5.91 Å². The van der Waals surface area contributed by atoms with Gasteiger partial charge < -0.3 is 24.1 Å². The van der Waals surface area contributed by atoms with Crippen LogP contribution in [0.1, 0.15) is 41.6 Å². The van der Waals surface area contributed by atoms with Crippen molar-refractivity contribution in [2.75, 3.05) is 20.3 Å². The Morgan fingerprint density at radius 1 is 1.10 bits per heavy atom. The number of rotatable bonds is 9. The molecule has 0 aliphatic heterocycles. The van der Waals surface area contributed by atoms with Crippen molar-refractivity contribution in [3.63, 3.8) is 0 Å².